The van der Waals surface area contributed by atoms with Crippen molar-refractivity contribution in [1.29, 1.82) is 0 Å². The number of benzene rings is 2. The molecule has 0 saturated carbocycles. The second kappa shape index (κ2) is 7.56. The number of carbonyl (C=O) groups is 1. The summed E-state index contributed by atoms with van der Waals surface area (Å²) in [6.45, 7) is -2.87. The van der Waals surface area contributed by atoms with Gasteiger partial charge < -0.3 is 10.1 Å². The van der Waals surface area contributed by atoms with Crippen molar-refractivity contribution in [2.45, 2.75) is 6.61 Å². The Hall–Kier alpha value is -2.40. The number of halogens is 3. The molecule has 0 aromatic heterocycles. The second-order valence-corrected chi connectivity index (χ2v) is 4.72. The van der Waals surface area contributed by atoms with Crippen LogP contribution in [0.15, 0.2) is 54.6 Å². The van der Waals surface area contributed by atoms with Gasteiger partial charge >= 0.3 is 6.61 Å². The predicted molar refractivity (Wildman–Crippen MR) is 82.2 cm³/mol. The fraction of sp³-hybridized carbons (Fsp3) is 0.0625. The van der Waals surface area contributed by atoms with Crippen molar-refractivity contribution in [2.24, 2.45) is 0 Å². The number of rotatable bonds is 5. The molecule has 0 heterocycles. The summed E-state index contributed by atoms with van der Waals surface area (Å²) in [6, 6.07) is 12.7. The molecule has 0 spiro atoms. The van der Waals surface area contributed by atoms with E-state index in [1.807, 2.05) is 6.07 Å². The van der Waals surface area contributed by atoms with Crippen LogP contribution < -0.4 is 10.1 Å². The van der Waals surface area contributed by atoms with E-state index < -0.39 is 6.61 Å². The van der Waals surface area contributed by atoms with Gasteiger partial charge in [0.15, 0.2) is 0 Å². The molecular weight excluding hydrogens is 312 g/mol. The number of anilines is 1. The van der Waals surface area contributed by atoms with Crippen LogP contribution in [0, 0.1) is 0 Å². The van der Waals surface area contributed by atoms with E-state index in [9.17, 15) is 13.6 Å². The molecule has 2 rings (SSSR count). The molecular formula is C16H12ClF2NO2. The lowest BCUT2D eigenvalue weighted by Crippen LogP contribution is -2.08. The van der Waals surface area contributed by atoms with Crippen LogP contribution in [-0.4, -0.2) is 12.5 Å². The van der Waals surface area contributed by atoms with E-state index in [0.717, 1.165) is 5.56 Å². The van der Waals surface area contributed by atoms with Gasteiger partial charge in [0, 0.05) is 16.8 Å². The van der Waals surface area contributed by atoms with Crippen LogP contribution in [0.3, 0.4) is 0 Å². The van der Waals surface area contributed by atoms with Crippen molar-refractivity contribution in [2.75, 3.05) is 5.32 Å². The van der Waals surface area contributed by atoms with Crippen molar-refractivity contribution in [3.63, 3.8) is 0 Å². The summed E-state index contributed by atoms with van der Waals surface area (Å²) < 4.78 is 28.2. The minimum Gasteiger partial charge on any atom is -0.435 e. The van der Waals surface area contributed by atoms with Crippen LogP contribution in [0.25, 0.3) is 6.08 Å². The average Bonchev–Trinajstić information content (AvgIpc) is 2.47. The minimum absolute atomic E-state index is 0.0301. The monoisotopic (exact) mass is 323 g/mol. The predicted octanol–water partition coefficient (Wildman–Crippen LogP) is 4.59. The number of hydrogen-bond donors (Lipinski definition) is 1. The van der Waals surface area contributed by atoms with Crippen LogP contribution >= 0.6 is 11.6 Å². The Kier molecular flexibility index (Phi) is 5.49. The molecule has 0 aliphatic carbocycles. The molecule has 1 amide bonds. The maximum atomic E-state index is 12.0. The SMILES string of the molecule is O=C(/C=C/c1cccc(Cl)c1)Nc1ccc(OC(F)F)cc1. The number of hydrogen-bond acceptors (Lipinski definition) is 2. The Balaban J connectivity index is 1.94. The van der Waals surface area contributed by atoms with Gasteiger partial charge in [-0.25, -0.2) is 0 Å². The first-order valence-corrected chi connectivity index (χ1v) is 6.70. The quantitative estimate of drug-likeness (QED) is 0.817. The summed E-state index contributed by atoms with van der Waals surface area (Å²) in [5.74, 6) is -0.315. The third-order valence-electron chi connectivity index (χ3n) is 2.62. The highest BCUT2D eigenvalue weighted by Crippen LogP contribution is 2.18. The average molecular weight is 324 g/mol. The van der Waals surface area contributed by atoms with E-state index in [-0.39, 0.29) is 11.7 Å². The third-order valence-corrected chi connectivity index (χ3v) is 2.86. The van der Waals surface area contributed by atoms with E-state index in [0.29, 0.717) is 10.7 Å². The Bertz CT molecular complexity index is 672. The fourth-order valence-corrected chi connectivity index (χ4v) is 1.88. The van der Waals surface area contributed by atoms with E-state index >= 15 is 0 Å². The molecule has 114 valence electrons. The summed E-state index contributed by atoms with van der Waals surface area (Å²) in [5.41, 5.74) is 1.27. The molecule has 2 aromatic carbocycles. The van der Waals surface area contributed by atoms with Crippen molar-refractivity contribution in [1.82, 2.24) is 0 Å². The van der Waals surface area contributed by atoms with Gasteiger partial charge in [-0.1, -0.05) is 23.7 Å². The zero-order chi connectivity index (χ0) is 15.9. The molecule has 0 saturated heterocycles. The van der Waals surface area contributed by atoms with Crippen molar-refractivity contribution in [3.05, 3.63) is 65.2 Å². The number of nitrogens with one attached hydrogen (secondary N) is 1. The van der Waals surface area contributed by atoms with E-state index in [1.165, 1.54) is 30.3 Å². The molecule has 22 heavy (non-hydrogen) atoms. The second-order valence-electron chi connectivity index (χ2n) is 4.28. The lowest BCUT2D eigenvalue weighted by Gasteiger charge is -2.06. The molecule has 0 fully saturated rings. The van der Waals surface area contributed by atoms with Gasteiger partial charge in [-0.05, 0) is 48.0 Å². The minimum atomic E-state index is -2.87. The molecule has 0 atom stereocenters. The van der Waals surface area contributed by atoms with Crippen molar-refractivity contribution >= 4 is 29.3 Å². The fourth-order valence-electron chi connectivity index (χ4n) is 1.69. The number of ether oxygens (including phenoxy) is 1. The largest absolute Gasteiger partial charge is 0.435 e. The smallest absolute Gasteiger partial charge is 0.387 e. The van der Waals surface area contributed by atoms with Gasteiger partial charge in [0.25, 0.3) is 0 Å². The maximum Gasteiger partial charge on any atom is 0.387 e. The lowest BCUT2D eigenvalue weighted by atomic mass is 10.2. The lowest BCUT2D eigenvalue weighted by molar-refractivity contribution is -0.111. The highest BCUT2D eigenvalue weighted by atomic mass is 35.5. The molecule has 3 nitrogen and oxygen atoms in total. The van der Waals surface area contributed by atoms with Crippen LogP contribution in [0.5, 0.6) is 5.75 Å². The summed E-state index contributed by atoms with van der Waals surface area (Å²) in [5, 5.41) is 3.19. The molecule has 0 unspecified atom stereocenters. The van der Waals surface area contributed by atoms with Gasteiger partial charge in [0.05, 0.1) is 0 Å². The summed E-state index contributed by atoms with van der Waals surface area (Å²) in [4.78, 5) is 11.8. The van der Waals surface area contributed by atoms with Gasteiger partial charge in [0.2, 0.25) is 5.91 Å². The molecule has 1 N–H and O–H groups in total. The van der Waals surface area contributed by atoms with E-state index in [4.69, 9.17) is 11.6 Å². The Labute approximate surface area is 131 Å². The zero-order valence-corrected chi connectivity index (χ0v) is 12.1. The standard InChI is InChI=1S/C16H12ClF2NO2/c17-12-3-1-2-11(10-12)4-9-15(21)20-13-5-7-14(8-6-13)22-16(18)19/h1-10,16H,(H,20,21)/b9-4+. The van der Waals surface area contributed by atoms with Gasteiger partial charge in [-0.15, -0.1) is 0 Å². The maximum absolute atomic E-state index is 12.0. The number of amides is 1. The van der Waals surface area contributed by atoms with E-state index in [1.54, 1.807) is 24.3 Å². The van der Waals surface area contributed by atoms with Crippen LogP contribution in [0.2, 0.25) is 5.02 Å². The highest BCUT2D eigenvalue weighted by molar-refractivity contribution is 6.30. The van der Waals surface area contributed by atoms with E-state index in [2.05, 4.69) is 10.1 Å². The molecule has 0 radical (unpaired) electrons. The summed E-state index contributed by atoms with van der Waals surface area (Å²) >= 11 is 5.84. The molecule has 0 bridgehead atoms. The highest BCUT2D eigenvalue weighted by Gasteiger charge is 2.04. The number of carbonyl (C=O) groups excluding carboxylic acids is 1. The zero-order valence-electron chi connectivity index (χ0n) is 11.3. The Morgan fingerprint density at radius 1 is 1.18 bits per heavy atom. The Morgan fingerprint density at radius 2 is 1.91 bits per heavy atom. The van der Waals surface area contributed by atoms with Crippen molar-refractivity contribution in [3.8, 4) is 5.75 Å². The van der Waals surface area contributed by atoms with Crippen LogP contribution in [0.1, 0.15) is 5.56 Å². The topological polar surface area (TPSA) is 38.3 Å². The first-order valence-electron chi connectivity index (χ1n) is 6.32. The van der Waals surface area contributed by atoms with Crippen molar-refractivity contribution < 1.29 is 18.3 Å². The van der Waals surface area contributed by atoms with Gasteiger partial charge in [0.1, 0.15) is 5.75 Å². The molecule has 0 aliphatic heterocycles. The summed E-state index contributed by atoms with van der Waals surface area (Å²) in [6.07, 6.45) is 2.98. The number of alkyl halides is 2. The third kappa shape index (κ3) is 5.18. The van der Waals surface area contributed by atoms with Gasteiger partial charge in [-0.3, -0.25) is 4.79 Å². The molecule has 0 aliphatic rings. The molecule has 2 aromatic rings. The Morgan fingerprint density at radius 3 is 2.55 bits per heavy atom. The van der Waals surface area contributed by atoms with Crippen LogP contribution in [-0.2, 0) is 4.79 Å². The summed E-state index contributed by atoms with van der Waals surface area (Å²) in [7, 11) is 0. The van der Waals surface area contributed by atoms with Gasteiger partial charge in [-0.2, -0.15) is 8.78 Å². The first kappa shape index (κ1) is 16.0. The molecule has 6 heteroatoms. The normalized spacial score (nSPS) is 10.9. The first-order chi connectivity index (χ1) is 10.5. The van der Waals surface area contributed by atoms with Crippen LogP contribution in [0.4, 0.5) is 14.5 Å².